The molecule has 0 saturated heterocycles. The first kappa shape index (κ1) is 23.1. The summed E-state index contributed by atoms with van der Waals surface area (Å²) >= 11 is 10.2. The number of anilines is 2. The van der Waals surface area contributed by atoms with Gasteiger partial charge in [0, 0.05) is 30.9 Å². The first-order valence-electron chi connectivity index (χ1n) is 10.2. The average Bonchev–Trinajstić information content (AvgIpc) is 2.70. The fourth-order valence-electron chi connectivity index (χ4n) is 3.32. The summed E-state index contributed by atoms with van der Waals surface area (Å²) in [5.74, 6) is 0. The molecule has 0 bridgehead atoms. The Morgan fingerprint density at radius 2 is 1.10 bits per heavy atom. The molecule has 0 aliphatic rings. The van der Waals surface area contributed by atoms with Crippen LogP contribution in [0.3, 0.4) is 0 Å². The van der Waals surface area contributed by atoms with Gasteiger partial charge in [0.25, 0.3) is 10.3 Å². The zero-order chi connectivity index (χ0) is 21.2. The van der Waals surface area contributed by atoms with Gasteiger partial charge in [-0.2, -0.15) is 0 Å². The van der Waals surface area contributed by atoms with Crippen LogP contribution in [0.1, 0.15) is 50.7 Å². The molecule has 6 heteroatoms. The van der Waals surface area contributed by atoms with E-state index in [-0.39, 0.29) is 10.3 Å². The molecule has 0 aromatic heterocycles. The predicted molar refractivity (Wildman–Crippen MR) is 131 cm³/mol. The van der Waals surface area contributed by atoms with Crippen LogP contribution >= 0.6 is 24.4 Å². The number of aliphatic hydroxyl groups excluding tert-OH is 2. The first-order chi connectivity index (χ1) is 14.0. The quantitative estimate of drug-likeness (QED) is 0.439. The Morgan fingerprint density at radius 3 is 1.45 bits per heavy atom. The van der Waals surface area contributed by atoms with Crippen LogP contribution in [-0.4, -0.2) is 33.7 Å². The molecule has 0 saturated carbocycles. The van der Waals surface area contributed by atoms with Crippen molar-refractivity contribution in [3.8, 4) is 0 Å². The van der Waals surface area contributed by atoms with Gasteiger partial charge in [-0.15, -0.1) is 0 Å². The van der Waals surface area contributed by atoms with E-state index >= 15 is 0 Å². The van der Waals surface area contributed by atoms with Crippen molar-refractivity contribution in [3.05, 3.63) is 59.7 Å². The fraction of sp³-hybridized carbons (Fsp3) is 0.391. The summed E-state index contributed by atoms with van der Waals surface area (Å²) in [4.78, 5) is 3.59. The Balaban J connectivity index is 2.40. The number of thiocarbonyl (C=S) groups is 2. The highest BCUT2D eigenvalue weighted by Crippen LogP contribution is 2.29. The number of benzene rings is 2. The van der Waals surface area contributed by atoms with E-state index in [0.717, 1.165) is 48.2 Å². The lowest BCUT2D eigenvalue weighted by Gasteiger charge is -2.26. The van der Waals surface area contributed by atoms with Crippen molar-refractivity contribution in [3.63, 3.8) is 0 Å². The van der Waals surface area contributed by atoms with E-state index in [1.165, 1.54) is 0 Å². The van der Waals surface area contributed by atoms with E-state index < -0.39 is 0 Å². The molecule has 0 aliphatic carbocycles. The molecule has 0 fully saturated rings. The van der Waals surface area contributed by atoms with Crippen LogP contribution < -0.4 is 9.80 Å². The number of unbranched alkanes of at least 4 members (excludes halogenated alkanes) is 2. The molecule has 0 aliphatic heterocycles. The van der Waals surface area contributed by atoms with E-state index in [1.54, 1.807) is 9.80 Å². The van der Waals surface area contributed by atoms with Crippen LogP contribution in [0.4, 0.5) is 11.4 Å². The van der Waals surface area contributed by atoms with E-state index in [4.69, 9.17) is 24.4 Å². The standard InChI is InChI=1S/C23H30N2O2S2/c1-3-5-15-24(22(26)28)20-13-9-7-11-18(20)17-19-12-8-10-14-21(19)25(23(27)29)16-6-4-2/h7-14H,3-6,15-17H2,1-2H3,(H,26,28)(H,27,29). The molecule has 156 valence electrons. The van der Waals surface area contributed by atoms with Gasteiger partial charge in [0.2, 0.25) is 0 Å². The largest absolute Gasteiger partial charge is 0.486 e. The second-order valence-electron chi connectivity index (χ2n) is 7.01. The minimum Gasteiger partial charge on any atom is -0.486 e. The number of hydrogen-bond donors (Lipinski definition) is 2. The highest BCUT2D eigenvalue weighted by Gasteiger charge is 2.18. The molecule has 2 aromatic carbocycles. The van der Waals surface area contributed by atoms with Gasteiger partial charge in [-0.3, -0.25) is 0 Å². The summed E-state index contributed by atoms with van der Waals surface area (Å²) in [5.41, 5.74) is 3.95. The third-order valence-corrected chi connectivity index (χ3v) is 5.32. The second kappa shape index (κ2) is 11.7. The Bertz CT molecular complexity index is 759. The summed E-state index contributed by atoms with van der Waals surface area (Å²) in [6.07, 6.45) is 4.56. The molecule has 2 N–H and O–H groups in total. The van der Waals surface area contributed by atoms with Gasteiger partial charge >= 0.3 is 0 Å². The molecule has 0 atom stereocenters. The van der Waals surface area contributed by atoms with Crippen LogP contribution in [0, 0.1) is 0 Å². The molecule has 29 heavy (non-hydrogen) atoms. The molecular formula is C23H30N2O2S2. The van der Waals surface area contributed by atoms with Crippen LogP contribution in [0.5, 0.6) is 0 Å². The van der Waals surface area contributed by atoms with Crippen molar-refractivity contribution in [1.82, 2.24) is 0 Å². The summed E-state index contributed by atoms with van der Waals surface area (Å²) in [6, 6.07) is 16.0. The van der Waals surface area contributed by atoms with Crippen molar-refractivity contribution < 1.29 is 10.2 Å². The first-order valence-corrected chi connectivity index (χ1v) is 11.0. The van der Waals surface area contributed by atoms with Gasteiger partial charge in [0.15, 0.2) is 0 Å². The van der Waals surface area contributed by atoms with Crippen molar-refractivity contribution in [2.45, 2.75) is 46.0 Å². The van der Waals surface area contributed by atoms with E-state index in [1.807, 2.05) is 36.4 Å². The molecule has 0 heterocycles. The SMILES string of the molecule is CCCCN(C(O)=S)c1ccccc1Cc1ccccc1N(CCCC)C(O)=S. The molecule has 0 unspecified atom stereocenters. The highest BCUT2D eigenvalue weighted by atomic mass is 32.1. The Kier molecular flexibility index (Phi) is 9.35. The normalized spacial score (nSPS) is 10.6. The second-order valence-corrected chi connectivity index (χ2v) is 7.74. The van der Waals surface area contributed by atoms with Crippen molar-refractivity contribution >= 4 is 46.2 Å². The van der Waals surface area contributed by atoms with Crippen LogP contribution in [-0.2, 0) is 6.42 Å². The third-order valence-electron chi connectivity index (χ3n) is 4.88. The summed E-state index contributed by atoms with van der Waals surface area (Å²) in [7, 11) is 0. The highest BCUT2D eigenvalue weighted by molar-refractivity contribution is 7.80. The number of hydrogen-bond acceptors (Lipinski definition) is 2. The lowest BCUT2D eigenvalue weighted by molar-refractivity contribution is 0.544. The molecule has 0 amide bonds. The third kappa shape index (κ3) is 6.41. The van der Waals surface area contributed by atoms with Crippen molar-refractivity contribution in [2.24, 2.45) is 0 Å². The smallest absolute Gasteiger partial charge is 0.261 e. The Morgan fingerprint density at radius 1 is 0.724 bits per heavy atom. The average molecular weight is 431 g/mol. The number of rotatable bonds is 10. The van der Waals surface area contributed by atoms with Crippen molar-refractivity contribution in [1.29, 1.82) is 0 Å². The van der Waals surface area contributed by atoms with Gasteiger partial charge in [-0.25, -0.2) is 0 Å². The van der Waals surface area contributed by atoms with Gasteiger partial charge in [-0.05, 0) is 60.5 Å². The maximum Gasteiger partial charge on any atom is 0.261 e. The van der Waals surface area contributed by atoms with Gasteiger partial charge in [0.1, 0.15) is 0 Å². The van der Waals surface area contributed by atoms with Crippen LogP contribution in [0.2, 0.25) is 0 Å². The zero-order valence-electron chi connectivity index (χ0n) is 17.2. The molecule has 2 aromatic rings. The van der Waals surface area contributed by atoms with E-state index in [9.17, 15) is 10.2 Å². The molecular weight excluding hydrogens is 400 g/mol. The zero-order valence-corrected chi connectivity index (χ0v) is 18.8. The topological polar surface area (TPSA) is 46.9 Å². The number of nitrogens with zero attached hydrogens (tertiary/aromatic N) is 2. The lowest BCUT2D eigenvalue weighted by atomic mass is 10.00. The maximum absolute atomic E-state index is 10.1. The molecule has 0 radical (unpaired) electrons. The summed E-state index contributed by atoms with van der Waals surface area (Å²) in [6.45, 7) is 5.58. The molecule has 2 rings (SSSR count). The lowest BCUT2D eigenvalue weighted by Crippen LogP contribution is -2.31. The predicted octanol–water partition coefficient (Wildman–Crippen LogP) is 6.18. The van der Waals surface area contributed by atoms with E-state index in [0.29, 0.717) is 19.5 Å². The van der Waals surface area contributed by atoms with Crippen molar-refractivity contribution in [2.75, 3.05) is 22.9 Å². The van der Waals surface area contributed by atoms with E-state index in [2.05, 4.69) is 26.0 Å². The Labute approximate surface area is 184 Å². The van der Waals surface area contributed by atoms with Gasteiger partial charge in [0.05, 0.1) is 0 Å². The summed E-state index contributed by atoms with van der Waals surface area (Å²) in [5, 5.41) is 20.0. The molecule has 0 spiro atoms. The minimum atomic E-state index is -0.111. The monoisotopic (exact) mass is 430 g/mol. The summed E-state index contributed by atoms with van der Waals surface area (Å²) < 4.78 is 0. The minimum absolute atomic E-state index is 0.111. The van der Waals surface area contributed by atoms with Gasteiger partial charge in [-0.1, -0.05) is 63.1 Å². The maximum atomic E-state index is 10.1. The van der Waals surface area contributed by atoms with Crippen LogP contribution in [0.25, 0.3) is 0 Å². The van der Waals surface area contributed by atoms with Crippen LogP contribution in [0.15, 0.2) is 48.5 Å². The number of para-hydroxylation sites is 2. The number of aliphatic hydroxyl groups is 2. The Hall–Kier alpha value is -2.18. The molecule has 4 nitrogen and oxygen atoms in total. The fourth-order valence-corrected chi connectivity index (χ4v) is 3.70. The van der Waals surface area contributed by atoms with Gasteiger partial charge < -0.3 is 20.0 Å².